The highest BCUT2D eigenvalue weighted by Crippen LogP contribution is 2.17. The molecule has 1 aromatic heterocycles. The molecule has 0 unspecified atom stereocenters. The highest BCUT2D eigenvalue weighted by molar-refractivity contribution is 5.89. The molecule has 27 heavy (non-hydrogen) atoms. The molecule has 6 nitrogen and oxygen atoms in total. The fraction of sp³-hybridized carbons (Fsp3) is 0.190. The van der Waals surface area contributed by atoms with Gasteiger partial charge < -0.3 is 15.8 Å². The summed E-state index contributed by atoms with van der Waals surface area (Å²) < 4.78 is 5.31. The number of pyridine rings is 1. The first kappa shape index (κ1) is 18.5. The molecule has 2 atom stereocenters. The number of methoxy groups -OCH3 is 1. The third-order valence-corrected chi connectivity index (χ3v) is 4.31. The largest absolute Gasteiger partial charge is 0.368 e. The van der Waals surface area contributed by atoms with Gasteiger partial charge in [-0.05, 0) is 17.7 Å². The number of rotatable bonds is 7. The quantitative estimate of drug-likeness (QED) is 0.672. The van der Waals surface area contributed by atoms with Gasteiger partial charge in [-0.1, -0.05) is 54.6 Å². The van der Waals surface area contributed by atoms with Gasteiger partial charge in [0.05, 0.1) is 5.52 Å². The maximum atomic E-state index is 12.6. The maximum Gasteiger partial charge on any atom is 0.254 e. The topological polar surface area (TPSA) is 94.3 Å². The lowest BCUT2D eigenvalue weighted by atomic mass is 10.1. The summed E-state index contributed by atoms with van der Waals surface area (Å²) in [4.78, 5) is 29.1. The summed E-state index contributed by atoms with van der Waals surface area (Å²) >= 11 is 0. The highest BCUT2D eigenvalue weighted by Gasteiger charge is 2.25. The van der Waals surface area contributed by atoms with Crippen LogP contribution in [0.15, 0.2) is 66.7 Å². The van der Waals surface area contributed by atoms with E-state index in [1.54, 1.807) is 12.1 Å². The average Bonchev–Trinajstić information content (AvgIpc) is 2.68. The Bertz CT molecular complexity index is 944. The normalized spacial score (nSPS) is 13.1. The van der Waals surface area contributed by atoms with Crippen molar-refractivity contribution in [2.75, 3.05) is 7.11 Å². The predicted molar refractivity (Wildman–Crippen MR) is 103 cm³/mol. The lowest BCUT2D eigenvalue weighted by Gasteiger charge is -2.20. The van der Waals surface area contributed by atoms with Crippen LogP contribution < -0.4 is 11.1 Å². The Hall–Kier alpha value is -3.25. The molecule has 2 amide bonds. The van der Waals surface area contributed by atoms with E-state index in [9.17, 15) is 9.59 Å². The number of hydrogen-bond donors (Lipinski definition) is 2. The zero-order valence-electron chi connectivity index (χ0n) is 15.0. The summed E-state index contributed by atoms with van der Waals surface area (Å²) in [6, 6.07) is 19.6. The number of carbonyl (C=O) groups excluding carboxylic acids is 2. The number of hydrogen-bond acceptors (Lipinski definition) is 4. The van der Waals surface area contributed by atoms with E-state index < -0.39 is 24.0 Å². The zero-order valence-corrected chi connectivity index (χ0v) is 15.0. The van der Waals surface area contributed by atoms with Crippen molar-refractivity contribution in [3.63, 3.8) is 0 Å². The number of aromatic nitrogens is 1. The molecule has 0 aliphatic rings. The Morgan fingerprint density at radius 3 is 2.44 bits per heavy atom. The second kappa shape index (κ2) is 8.42. The highest BCUT2D eigenvalue weighted by atomic mass is 16.5. The molecule has 0 saturated carbocycles. The number of primary amides is 1. The van der Waals surface area contributed by atoms with Crippen LogP contribution in [0.3, 0.4) is 0 Å². The summed E-state index contributed by atoms with van der Waals surface area (Å²) in [7, 11) is 1.45. The molecule has 3 aromatic rings. The van der Waals surface area contributed by atoms with Crippen LogP contribution >= 0.6 is 0 Å². The van der Waals surface area contributed by atoms with E-state index in [1.807, 2.05) is 54.6 Å². The lowest BCUT2D eigenvalue weighted by molar-refractivity contribution is -0.134. The van der Waals surface area contributed by atoms with Gasteiger partial charge in [-0.3, -0.25) is 14.6 Å². The molecule has 0 fully saturated rings. The Labute approximate surface area is 157 Å². The van der Waals surface area contributed by atoms with Gasteiger partial charge in [-0.25, -0.2) is 0 Å². The maximum absolute atomic E-state index is 12.6. The fourth-order valence-corrected chi connectivity index (χ4v) is 2.92. The summed E-state index contributed by atoms with van der Waals surface area (Å²) in [6.07, 6.45) is -0.616. The Morgan fingerprint density at radius 2 is 1.74 bits per heavy atom. The molecule has 0 bridgehead atoms. The number of nitrogens with one attached hydrogen (secondary N) is 1. The van der Waals surface area contributed by atoms with Crippen molar-refractivity contribution in [2.24, 2.45) is 5.73 Å². The minimum absolute atomic E-state index is 0.205. The number of nitrogens with zero attached hydrogens (tertiary/aromatic N) is 1. The average molecular weight is 363 g/mol. The lowest BCUT2D eigenvalue weighted by Crippen LogP contribution is -2.47. The number of benzene rings is 2. The third kappa shape index (κ3) is 4.48. The molecule has 2 aromatic carbocycles. The number of nitrogens with two attached hydrogens (primary N) is 1. The number of ether oxygens (including phenoxy) is 1. The van der Waals surface area contributed by atoms with Crippen LogP contribution in [0.25, 0.3) is 10.9 Å². The van der Waals surface area contributed by atoms with Gasteiger partial charge in [0.15, 0.2) is 6.10 Å². The van der Waals surface area contributed by atoms with E-state index in [1.165, 1.54) is 7.11 Å². The van der Waals surface area contributed by atoms with Gasteiger partial charge in [0, 0.05) is 24.6 Å². The zero-order chi connectivity index (χ0) is 19.2. The molecular formula is C21H21N3O3. The molecule has 3 N–H and O–H groups in total. The first-order valence-corrected chi connectivity index (χ1v) is 8.60. The van der Waals surface area contributed by atoms with Gasteiger partial charge in [0.1, 0.15) is 6.04 Å². The minimum atomic E-state index is -0.882. The molecule has 0 saturated heterocycles. The van der Waals surface area contributed by atoms with E-state index in [4.69, 9.17) is 10.5 Å². The number of fused-ring (bicyclic) bond motifs is 1. The number of carbonyl (C=O) groups is 2. The van der Waals surface area contributed by atoms with Crippen LogP contribution in [-0.4, -0.2) is 29.9 Å². The Kier molecular flexibility index (Phi) is 5.78. The molecule has 138 valence electrons. The van der Waals surface area contributed by atoms with Crippen molar-refractivity contribution in [3.8, 4) is 0 Å². The van der Waals surface area contributed by atoms with Crippen molar-refractivity contribution in [1.29, 1.82) is 0 Å². The van der Waals surface area contributed by atoms with Crippen LogP contribution in [0.2, 0.25) is 0 Å². The summed E-state index contributed by atoms with van der Waals surface area (Å²) in [6.45, 7) is 0. The van der Waals surface area contributed by atoms with Crippen LogP contribution in [0.5, 0.6) is 0 Å². The van der Waals surface area contributed by atoms with E-state index in [-0.39, 0.29) is 6.42 Å². The molecule has 0 aliphatic heterocycles. The number of para-hydroxylation sites is 1. The fourth-order valence-electron chi connectivity index (χ4n) is 2.92. The van der Waals surface area contributed by atoms with Crippen molar-refractivity contribution >= 4 is 22.7 Å². The van der Waals surface area contributed by atoms with E-state index >= 15 is 0 Å². The van der Waals surface area contributed by atoms with Crippen LogP contribution in [0.1, 0.15) is 17.4 Å². The summed E-state index contributed by atoms with van der Waals surface area (Å²) in [5.74, 6) is -1.05. The third-order valence-electron chi connectivity index (χ3n) is 4.31. The van der Waals surface area contributed by atoms with E-state index in [0.29, 0.717) is 11.3 Å². The van der Waals surface area contributed by atoms with Crippen LogP contribution in [0.4, 0.5) is 0 Å². The second-order valence-corrected chi connectivity index (χ2v) is 6.19. The SMILES string of the molecule is CO[C@@H](C(=O)N[C@@H](Cc1ccc2ccccc2n1)C(N)=O)c1ccccc1. The van der Waals surface area contributed by atoms with Crippen LogP contribution in [0, 0.1) is 0 Å². The minimum Gasteiger partial charge on any atom is -0.368 e. The molecule has 6 heteroatoms. The monoisotopic (exact) mass is 363 g/mol. The smallest absolute Gasteiger partial charge is 0.254 e. The van der Waals surface area contributed by atoms with Crippen molar-refractivity contribution in [1.82, 2.24) is 10.3 Å². The predicted octanol–water partition coefficient (Wildman–Crippen LogP) is 2.14. The molecule has 0 spiro atoms. The molecular weight excluding hydrogens is 342 g/mol. The Morgan fingerprint density at radius 1 is 1.04 bits per heavy atom. The first-order valence-electron chi connectivity index (χ1n) is 8.60. The van der Waals surface area contributed by atoms with Gasteiger partial charge in [-0.15, -0.1) is 0 Å². The summed E-state index contributed by atoms with van der Waals surface area (Å²) in [5.41, 5.74) is 7.70. The number of amides is 2. The van der Waals surface area contributed by atoms with E-state index in [2.05, 4.69) is 10.3 Å². The van der Waals surface area contributed by atoms with Crippen LogP contribution in [-0.2, 0) is 20.7 Å². The molecule has 0 radical (unpaired) electrons. The molecule has 0 aliphatic carbocycles. The first-order chi connectivity index (χ1) is 13.1. The summed E-state index contributed by atoms with van der Waals surface area (Å²) in [5, 5.41) is 3.69. The Balaban J connectivity index is 1.76. The van der Waals surface area contributed by atoms with Gasteiger partial charge in [-0.2, -0.15) is 0 Å². The second-order valence-electron chi connectivity index (χ2n) is 6.19. The molecule has 3 rings (SSSR count). The van der Waals surface area contributed by atoms with Gasteiger partial charge in [0.2, 0.25) is 5.91 Å². The van der Waals surface area contributed by atoms with Crippen molar-refractivity contribution in [3.05, 3.63) is 78.0 Å². The standard InChI is InChI=1S/C21H21N3O3/c1-27-19(15-8-3-2-4-9-15)21(26)24-18(20(22)25)13-16-12-11-14-7-5-6-10-17(14)23-16/h2-12,18-19H,13H2,1H3,(H2,22,25)(H,24,26)/t18-,19+/m0/s1. The van der Waals surface area contributed by atoms with Gasteiger partial charge in [0.25, 0.3) is 5.91 Å². The van der Waals surface area contributed by atoms with Gasteiger partial charge >= 0.3 is 0 Å². The molecule has 1 heterocycles. The van der Waals surface area contributed by atoms with Crippen molar-refractivity contribution < 1.29 is 14.3 Å². The van der Waals surface area contributed by atoms with E-state index in [0.717, 1.165) is 10.9 Å². The van der Waals surface area contributed by atoms with Crippen molar-refractivity contribution in [2.45, 2.75) is 18.6 Å².